The van der Waals surface area contributed by atoms with Gasteiger partial charge in [-0.05, 0) is 16.6 Å². The summed E-state index contributed by atoms with van der Waals surface area (Å²) in [5.41, 5.74) is 1.01. The zero-order valence-electron chi connectivity index (χ0n) is 3.61. The van der Waals surface area contributed by atoms with Crippen molar-refractivity contribution < 1.29 is 5.11 Å². The highest BCUT2D eigenvalue weighted by Gasteiger charge is 1.75. The fourth-order valence-electron chi connectivity index (χ4n) is 0.0345. The third kappa shape index (κ3) is 2.66. The molecule has 0 radical (unpaired) electrons. The molecule has 0 spiro atoms. The summed E-state index contributed by atoms with van der Waals surface area (Å²) < 4.78 is 1.86. The largest absolute Gasteiger partial charge is 0.392 e. The summed E-state index contributed by atoms with van der Waals surface area (Å²) in [5.74, 6) is 0. The Balaban J connectivity index is 3.22. The van der Waals surface area contributed by atoms with E-state index in [2.05, 4.69) is 22.6 Å². The molecule has 6 heavy (non-hydrogen) atoms. The molecule has 36 valence electrons. The molecule has 0 aromatic heterocycles. The lowest BCUT2D eigenvalue weighted by Crippen LogP contribution is -1.78. The van der Waals surface area contributed by atoms with E-state index in [4.69, 9.17) is 5.11 Å². The molecule has 0 saturated carbocycles. The predicted molar refractivity (Wildman–Crippen MR) is 34.9 cm³/mol. The Kier molecular flexibility index (Phi) is 3.87. The summed E-state index contributed by atoms with van der Waals surface area (Å²) >= 11 is 2.09. The van der Waals surface area contributed by atoms with Crippen LogP contribution in [0.3, 0.4) is 0 Å². The summed E-state index contributed by atoms with van der Waals surface area (Å²) in [5, 5.41) is 8.26. The molecule has 0 aliphatic heterocycles. The first kappa shape index (κ1) is 6.43. The molecule has 0 atom stereocenters. The molecule has 0 aliphatic carbocycles. The Morgan fingerprint density at radius 3 is 2.50 bits per heavy atom. The summed E-state index contributed by atoms with van der Waals surface area (Å²) in [6.45, 7) is 2.06. The first-order valence-electron chi connectivity index (χ1n) is 1.68. The van der Waals surface area contributed by atoms with E-state index in [1.54, 1.807) is 0 Å². The van der Waals surface area contributed by atoms with Gasteiger partial charge >= 0.3 is 0 Å². The quantitative estimate of drug-likeness (QED) is 0.630. The molecule has 0 saturated heterocycles. The Bertz CT molecular complexity index is 58.6. The number of hydrogen-bond donors (Lipinski definition) is 1. The van der Waals surface area contributed by atoms with Crippen LogP contribution >= 0.6 is 22.6 Å². The highest BCUT2D eigenvalue weighted by molar-refractivity contribution is 14.1. The van der Waals surface area contributed by atoms with Crippen molar-refractivity contribution >= 4 is 22.6 Å². The minimum atomic E-state index is 0.183. The third-order valence-corrected chi connectivity index (χ3v) is 1.50. The van der Waals surface area contributed by atoms with Gasteiger partial charge in [-0.3, -0.25) is 0 Å². The minimum Gasteiger partial charge on any atom is -0.392 e. The van der Waals surface area contributed by atoms with Gasteiger partial charge in [0.15, 0.2) is 0 Å². The van der Waals surface area contributed by atoms with Crippen LogP contribution in [0.2, 0.25) is 0 Å². The lowest BCUT2D eigenvalue weighted by Gasteiger charge is -1.83. The molecule has 0 rings (SSSR count). The maximum atomic E-state index is 8.26. The van der Waals surface area contributed by atoms with Crippen LogP contribution in [0.25, 0.3) is 0 Å². The maximum absolute atomic E-state index is 8.26. The van der Waals surface area contributed by atoms with Crippen LogP contribution in [0.4, 0.5) is 0 Å². The van der Waals surface area contributed by atoms with Crippen molar-refractivity contribution in [3.05, 3.63) is 9.66 Å². The van der Waals surface area contributed by atoms with Crippen molar-refractivity contribution in [2.24, 2.45) is 0 Å². The fourth-order valence-corrected chi connectivity index (χ4v) is 0.231. The van der Waals surface area contributed by atoms with Gasteiger partial charge in [-0.2, -0.15) is 0 Å². The topological polar surface area (TPSA) is 20.2 Å². The van der Waals surface area contributed by atoms with E-state index in [0.717, 1.165) is 5.57 Å². The molecule has 0 unspecified atom stereocenters. The van der Waals surface area contributed by atoms with Gasteiger partial charge in [0, 0.05) is 0 Å². The lowest BCUT2D eigenvalue weighted by atomic mass is 10.4. The van der Waals surface area contributed by atoms with E-state index in [1.807, 2.05) is 11.0 Å². The number of rotatable bonds is 1. The van der Waals surface area contributed by atoms with Crippen molar-refractivity contribution in [1.82, 2.24) is 0 Å². The van der Waals surface area contributed by atoms with Crippen LogP contribution < -0.4 is 0 Å². The van der Waals surface area contributed by atoms with Crippen molar-refractivity contribution in [2.75, 3.05) is 6.61 Å². The standard InChI is InChI=1S/C4H7IO/c1-4(2-5)3-6/h2,6H,3H2,1H3/b4-2+. The van der Waals surface area contributed by atoms with Crippen LogP contribution in [-0.2, 0) is 0 Å². The Morgan fingerprint density at radius 1 is 2.00 bits per heavy atom. The number of aliphatic hydroxyl groups excluding tert-OH is 1. The molecule has 1 N–H and O–H groups in total. The number of hydrogen-bond acceptors (Lipinski definition) is 1. The van der Waals surface area contributed by atoms with Gasteiger partial charge in [-0.15, -0.1) is 0 Å². The van der Waals surface area contributed by atoms with Crippen molar-refractivity contribution in [2.45, 2.75) is 6.92 Å². The van der Waals surface area contributed by atoms with E-state index >= 15 is 0 Å². The van der Waals surface area contributed by atoms with Gasteiger partial charge in [0.25, 0.3) is 0 Å². The third-order valence-electron chi connectivity index (χ3n) is 0.436. The van der Waals surface area contributed by atoms with E-state index in [9.17, 15) is 0 Å². The minimum absolute atomic E-state index is 0.183. The molecule has 0 aromatic carbocycles. The van der Waals surface area contributed by atoms with Crippen LogP contribution in [0.5, 0.6) is 0 Å². The van der Waals surface area contributed by atoms with Gasteiger partial charge in [0.1, 0.15) is 0 Å². The summed E-state index contributed by atoms with van der Waals surface area (Å²) in [6.07, 6.45) is 0. The SMILES string of the molecule is C/C(=C\I)CO. The Labute approximate surface area is 51.2 Å². The van der Waals surface area contributed by atoms with E-state index < -0.39 is 0 Å². The van der Waals surface area contributed by atoms with Crippen LogP contribution in [0, 0.1) is 0 Å². The first-order valence-corrected chi connectivity index (χ1v) is 2.92. The molecule has 0 bridgehead atoms. The second kappa shape index (κ2) is 3.61. The molecule has 0 aromatic rings. The van der Waals surface area contributed by atoms with Gasteiger partial charge < -0.3 is 5.11 Å². The molecule has 1 nitrogen and oxygen atoms in total. The van der Waals surface area contributed by atoms with Gasteiger partial charge in [0.2, 0.25) is 0 Å². The molecule has 0 fully saturated rings. The van der Waals surface area contributed by atoms with Crippen molar-refractivity contribution in [3.8, 4) is 0 Å². The second-order valence-electron chi connectivity index (χ2n) is 1.11. The van der Waals surface area contributed by atoms with Crippen LogP contribution in [0.15, 0.2) is 9.66 Å². The second-order valence-corrected chi connectivity index (χ2v) is 1.74. The summed E-state index contributed by atoms with van der Waals surface area (Å²) in [7, 11) is 0. The van der Waals surface area contributed by atoms with Crippen molar-refractivity contribution in [1.29, 1.82) is 0 Å². The highest BCUT2D eigenvalue weighted by atomic mass is 127. The molecule has 0 heterocycles. The van der Waals surface area contributed by atoms with E-state index in [-0.39, 0.29) is 6.61 Å². The lowest BCUT2D eigenvalue weighted by molar-refractivity contribution is 0.332. The summed E-state index contributed by atoms with van der Waals surface area (Å²) in [4.78, 5) is 0. The van der Waals surface area contributed by atoms with E-state index in [0.29, 0.717) is 0 Å². The average molecular weight is 198 g/mol. The number of aliphatic hydroxyl groups is 1. The van der Waals surface area contributed by atoms with Gasteiger partial charge in [0.05, 0.1) is 6.61 Å². The highest BCUT2D eigenvalue weighted by Crippen LogP contribution is 1.93. The molecular weight excluding hydrogens is 191 g/mol. The number of halogens is 1. The normalized spacial score (nSPS) is 12.2. The Hall–Kier alpha value is 0.430. The monoisotopic (exact) mass is 198 g/mol. The maximum Gasteiger partial charge on any atom is 0.0646 e. The fraction of sp³-hybridized carbons (Fsp3) is 0.500. The van der Waals surface area contributed by atoms with Gasteiger partial charge in [-0.1, -0.05) is 22.6 Å². The summed E-state index contributed by atoms with van der Waals surface area (Å²) in [6, 6.07) is 0. The zero-order valence-corrected chi connectivity index (χ0v) is 5.77. The van der Waals surface area contributed by atoms with E-state index in [1.165, 1.54) is 0 Å². The van der Waals surface area contributed by atoms with Crippen LogP contribution in [0.1, 0.15) is 6.92 Å². The first-order chi connectivity index (χ1) is 2.81. The average Bonchev–Trinajstić information content (AvgIpc) is 1.65. The van der Waals surface area contributed by atoms with Crippen LogP contribution in [-0.4, -0.2) is 11.7 Å². The molecular formula is C4H7IO. The smallest absolute Gasteiger partial charge is 0.0646 e. The Morgan fingerprint density at radius 2 is 2.50 bits per heavy atom. The molecule has 2 heteroatoms. The zero-order chi connectivity index (χ0) is 4.99. The van der Waals surface area contributed by atoms with Gasteiger partial charge in [-0.25, -0.2) is 0 Å². The predicted octanol–water partition coefficient (Wildman–Crippen LogP) is 1.32. The molecule has 0 amide bonds. The van der Waals surface area contributed by atoms with Crippen molar-refractivity contribution in [3.63, 3.8) is 0 Å². The molecule has 0 aliphatic rings.